The van der Waals surface area contributed by atoms with Gasteiger partial charge in [-0.1, -0.05) is 0 Å². The molecule has 3 heteroatoms. The van der Waals surface area contributed by atoms with Crippen LogP contribution in [0, 0.1) is 6.92 Å². The first-order valence-corrected chi connectivity index (χ1v) is 4.57. The van der Waals surface area contributed by atoms with Gasteiger partial charge in [-0.2, -0.15) is 10.2 Å². The van der Waals surface area contributed by atoms with E-state index in [1.54, 1.807) is 0 Å². The third-order valence-electron chi connectivity index (χ3n) is 2.34. The molecule has 1 aromatic rings. The average Bonchev–Trinajstić information content (AvgIpc) is 2.08. The summed E-state index contributed by atoms with van der Waals surface area (Å²) in [5.74, 6) is 0. The Morgan fingerprint density at radius 3 is 2.46 bits per heavy atom. The van der Waals surface area contributed by atoms with Crippen LogP contribution >= 0.6 is 0 Å². The Hall–Kier alpha value is -0.960. The topological polar surface area (TPSA) is 29.0 Å². The molecule has 13 heavy (non-hydrogen) atoms. The van der Waals surface area contributed by atoms with Gasteiger partial charge in [0.15, 0.2) is 0 Å². The molecule has 1 heterocycles. The van der Waals surface area contributed by atoms with Crippen LogP contribution in [0.4, 0.5) is 0 Å². The molecule has 3 nitrogen and oxygen atoms in total. The van der Waals surface area contributed by atoms with Gasteiger partial charge in [-0.05, 0) is 38.9 Å². The van der Waals surface area contributed by atoms with Gasteiger partial charge in [0.2, 0.25) is 0 Å². The monoisotopic (exact) mass is 179 g/mol. The lowest BCUT2D eigenvalue weighted by Crippen LogP contribution is -2.26. The van der Waals surface area contributed by atoms with E-state index in [1.807, 2.05) is 12.4 Å². The van der Waals surface area contributed by atoms with Gasteiger partial charge < -0.3 is 0 Å². The van der Waals surface area contributed by atoms with Crippen LogP contribution in [0.5, 0.6) is 0 Å². The molecule has 0 aliphatic carbocycles. The molecule has 0 spiro atoms. The molecule has 0 bridgehead atoms. The van der Waals surface area contributed by atoms with E-state index in [1.165, 1.54) is 11.1 Å². The minimum absolute atomic E-state index is 0.563. The van der Waals surface area contributed by atoms with Crippen molar-refractivity contribution in [3.8, 4) is 0 Å². The molecule has 0 unspecified atom stereocenters. The molecule has 0 amide bonds. The molecular weight excluding hydrogens is 162 g/mol. The zero-order chi connectivity index (χ0) is 9.84. The van der Waals surface area contributed by atoms with Crippen molar-refractivity contribution in [1.29, 1.82) is 0 Å². The number of hydrogen-bond acceptors (Lipinski definition) is 3. The van der Waals surface area contributed by atoms with Gasteiger partial charge in [0, 0.05) is 12.6 Å². The maximum absolute atomic E-state index is 3.88. The van der Waals surface area contributed by atoms with Crippen molar-refractivity contribution in [3.05, 3.63) is 23.5 Å². The van der Waals surface area contributed by atoms with Crippen LogP contribution in [0.1, 0.15) is 25.0 Å². The highest BCUT2D eigenvalue weighted by Gasteiger charge is 2.05. The third kappa shape index (κ3) is 2.77. The Morgan fingerprint density at radius 1 is 1.31 bits per heavy atom. The summed E-state index contributed by atoms with van der Waals surface area (Å²) in [6, 6.07) is 0.563. The van der Waals surface area contributed by atoms with Crippen molar-refractivity contribution < 1.29 is 0 Å². The standard InChI is InChI=1S/C10H17N3/c1-8(2)13(4)7-10-6-12-11-5-9(10)3/h5-6,8H,7H2,1-4H3. The van der Waals surface area contributed by atoms with Crippen LogP contribution in [0.3, 0.4) is 0 Å². The molecule has 1 aromatic heterocycles. The molecule has 0 saturated carbocycles. The minimum Gasteiger partial charge on any atom is -0.300 e. The fraction of sp³-hybridized carbons (Fsp3) is 0.600. The number of rotatable bonds is 3. The highest BCUT2D eigenvalue weighted by atomic mass is 15.1. The molecule has 0 saturated heterocycles. The molecule has 72 valence electrons. The van der Waals surface area contributed by atoms with Crippen LogP contribution in [-0.4, -0.2) is 28.2 Å². The van der Waals surface area contributed by atoms with Crippen molar-refractivity contribution in [2.24, 2.45) is 0 Å². The zero-order valence-corrected chi connectivity index (χ0v) is 8.78. The van der Waals surface area contributed by atoms with Crippen molar-refractivity contribution >= 4 is 0 Å². The summed E-state index contributed by atoms with van der Waals surface area (Å²) < 4.78 is 0. The SMILES string of the molecule is Cc1cnncc1CN(C)C(C)C. The summed E-state index contributed by atoms with van der Waals surface area (Å²) in [7, 11) is 2.12. The van der Waals surface area contributed by atoms with Gasteiger partial charge in [-0.15, -0.1) is 0 Å². The van der Waals surface area contributed by atoms with E-state index in [2.05, 4.69) is 42.9 Å². The van der Waals surface area contributed by atoms with Gasteiger partial charge in [0.25, 0.3) is 0 Å². The summed E-state index contributed by atoms with van der Waals surface area (Å²) >= 11 is 0. The lowest BCUT2D eigenvalue weighted by molar-refractivity contribution is 0.265. The Balaban J connectivity index is 2.69. The largest absolute Gasteiger partial charge is 0.300 e. The van der Waals surface area contributed by atoms with E-state index in [0.717, 1.165) is 6.54 Å². The number of aryl methyl sites for hydroxylation is 1. The van der Waals surface area contributed by atoms with Crippen LogP contribution < -0.4 is 0 Å². The maximum Gasteiger partial charge on any atom is 0.0543 e. The summed E-state index contributed by atoms with van der Waals surface area (Å²) in [5, 5.41) is 7.71. The van der Waals surface area contributed by atoms with Crippen LogP contribution in [-0.2, 0) is 6.54 Å². The molecule has 0 radical (unpaired) electrons. The fourth-order valence-electron chi connectivity index (χ4n) is 1.02. The van der Waals surface area contributed by atoms with E-state index in [0.29, 0.717) is 6.04 Å². The number of hydrogen-bond donors (Lipinski definition) is 0. The second kappa shape index (κ2) is 4.33. The molecule has 0 N–H and O–H groups in total. The third-order valence-corrected chi connectivity index (χ3v) is 2.34. The normalized spacial score (nSPS) is 11.2. The highest BCUT2D eigenvalue weighted by Crippen LogP contribution is 2.08. The molecule has 1 rings (SSSR count). The quantitative estimate of drug-likeness (QED) is 0.706. The van der Waals surface area contributed by atoms with Crippen molar-refractivity contribution in [3.63, 3.8) is 0 Å². The Labute approximate surface area is 79.8 Å². The second-order valence-corrected chi connectivity index (χ2v) is 3.71. The minimum atomic E-state index is 0.563. The Kier molecular flexibility index (Phi) is 3.37. The van der Waals surface area contributed by atoms with Gasteiger partial charge >= 0.3 is 0 Å². The second-order valence-electron chi connectivity index (χ2n) is 3.71. The number of nitrogens with zero attached hydrogens (tertiary/aromatic N) is 3. The predicted molar refractivity (Wildman–Crippen MR) is 53.4 cm³/mol. The molecule has 0 aliphatic rings. The Morgan fingerprint density at radius 2 is 1.92 bits per heavy atom. The fourth-order valence-corrected chi connectivity index (χ4v) is 1.02. The smallest absolute Gasteiger partial charge is 0.0543 e. The lowest BCUT2D eigenvalue weighted by atomic mass is 10.2. The molecule has 0 fully saturated rings. The first kappa shape index (κ1) is 10.1. The van der Waals surface area contributed by atoms with Gasteiger partial charge in [-0.25, -0.2) is 0 Å². The lowest BCUT2D eigenvalue weighted by Gasteiger charge is -2.21. The Bertz CT molecular complexity index is 271. The maximum atomic E-state index is 3.88. The highest BCUT2D eigenvalue weighted by molar-refractivity contribution is 5.18. The summed E-state index contributed by atoms with van der Waals surface area (Å²) in [6.07, 6.45) is 3.65. The summed E-state index contributed by atoms with van der Waals surface area (Å²) in [6.45, 7) is 7.38. The van der Waals surface area contributed by atoms with Crippen LogP contribution in [0.15, 0.2) is 12.4 Å². The van der Waals surface area contributed by atoms with E-state index in [9.17, 15) is 0 Å². The first-order chi connectivity index (χ1) is 6.11. The van der Waals surface area contributed by atoms with Crippen LogP contribution in [0.2, 0.25) is 0 Å². The van der Waals surface area contributed by atoms with E-state index in [4.69, 9.17) is 0 Å². The van der Waals surface area contributed by atoms with E-state index in [-0.39, 0.29) is 0 Å². The predicted octanol–water partition coefficient (Wildman–Crippen LogP) is 1.63. The zero-order valence-electron chi connectivity index (χ0n) is 8.78. The van der Waals surface area contributed by atoms with Crippen molar-refractivity contribution in [2.75, 3.05) is 7.05 Å². The van der Waals surface area contributed by atoms with Crippen molar-refractivity contribution in [2.45, 2.75) is 33.4 Å². The van der Waals surface area contributed by atoms with Gasteiger partial charge in [0.05, 0.1) is 12.4 Å². The number of aromatic nitrogens is 2. The average molecular weight is 179 g/mol. The summed E-state index contributed by atoms with van der Waals surface area (Å²) in [5.41, 5.74) is 2.47. The molecular formula is C10H17N3. The molecule has 0 aromatic carbocycles. The van der Waals surface area contributed by atoms with E-state index >= 15 is 0 Å². The summed E-state index contributed by atoms with van der Waals surface area (Å²) in [4.78, 5) is 2.28. The van der Waals surface area contributed by atoms with Gasteiger partial charge in [-0.3, -0.25) is 4.90 Å². The molecule has 0 aliphatic heterocycles. The van der Waals surface area contributed by atoms with Crippen LogP contribution in [0.25, 0.3) is 0 Å². The molecule has 0 atom stereocenters. The van der Waals surface area contributed by atoms with Gasteiger partial charge in [0.1, 0.15) is 0 Å². The first-order valence-electron chi connectivity index (χ1n) is 4.57. The van der Waals surface area contributed by atoms with Crippen molar-refractivity contribution in [1.82, 2.24) is 15.1 Å². The van der Waals surface area contributed by atoms with E-state index < -0.39 is 0 Å².